The second-order valence-electron chi connectivity index (χ2n) is 2.49. The normalized spacial score (nSPS) is 10.0. The molecule has 0 fully saturated rings. The molecule has 0 atom stereocenters. The first-order chi connectivity index (χ1) is 7.86. The summed E-state index contributed by atoms with van der Waals surface area (Å²) >= 11 is 0. The molecule has 0 radical (unpaired) electrons. The van der Waals surface area contributed by atoms with Crippen LogP contribution in [0.3, 0.4) is 0 Å². The van der Waals surface area contributed by atoms with E-state index in [1.54, 1.807) is 27.7 Å². The van der Waals surface area contributed by atoms with Crippen molar-refractivity contribution >= 4 is 21.6 Å². The Labute approximate surface area is 107 Å². The number of hydrogen-bond acceptors (Lipinski definition) is 2. The molecule has 1 aromatic rings. The van der Waals surface area contributed by atoms with Crippen LogP contribution in [0.1, 0.15) is 13.8 Å². The SMILES string of the molecule is C=C/C=C(\C=C)SSc1ccccc1.CC. The smallest absolute Gasteiger partial charge is 0.0186 e. The summed E-state index contributed by atoms with van der Waals surface area (Å²) in [4.78, 5) is 2.36. The van der Waals surface area contributed by atoms with Gasteiger partial charge in [0.25, 0.3) is 0 Å². The summed E-state index contributed by atoms with van der Waals surface area (Å²) in [6, 6.07) is 10.3. The first kappa shape index (κ1) is 15.1. The molecule has 0 heterocycles. The van der Waals surface area contributed by atoms with Crippen LogP contribution in [0.25, 0.3) is 0 Å². The number of allylic oxidation sites excluding steroid dienone is 3. The summed E-state index contributed by atoms with van der Waals surface area (Å²) in [5.41, 5.74) is 0. The quantitative estimate of drug-likeness (QED) is 0.485. The zero-order valence-electron chi connectivity index (χ0n) is 9.85. The van der Waals surface area contributed by atoms with E-state index >= 15 is 0 Å². The fourth-order valence-corrected chi connectivity index (χ4v) is 2.78. The van der Waals surface area contributed by atoms with Crippen LogP contribution in [0, 0.1) is 0 Å². The third-order valence-electron chi connectivity index (χ3n) is 1.46. The lowest BCUT2D eigenvalue weighted by atomic mass is 10.4. The Bertz CT molecular complexity index is 326. The molecule has 0 nitrogen and oxygen atoms in total. The number of hydrogen-bond donors (Lipinski definition) is 0. The molecule has 0 amide bonds. The largest absolute Gasteiger partial charge is 0.0990 e. The second kappa shape index (κ2) is 10.7. The average molecular weight is 250 g/mol. The highest BCUT2D eigenvalue weighted by molar-refractivity contribution is 8.78. The standard InChI is InChI=1S/C12H12S2.C2H6/c1-3-8-11(4-2)13-14-12-9-6-5-7-10-12;1-2/h3-10H,1-2H2;1-2H3/b11-8+;. The topological polar surface area (TPSA) is 0 Å². The Morgan fingerprint density at radius 3 is 2.25 bits per heavy atom. The van der Waals surface area contributed by atoms with Crippen LogP contribution in [0.2, 0.25) is 0 Å². The van der Waals surface area contributed by atoms with Gasteiger partial charge in [-0.3, -0.25) is 0 Å². The van der Waals surface area contributed by atoms with Gasteiger partial charge in [-0.05, 0) is 18.2 Å². The van der Waals surface area contributed by atoms with E-state index in [1.807, 2.05) is 44.2 Å². The van der Waals surface area contributed by atoms with Gasteiger partial charge in [-0.2, -0.15) is 0 Å². The van der Waals surface area contributed by atoms with Crippen LogP contribution >= 0.6 is 21.6 Å². The fourth-order valence-electron chi connectivity index (χ4n) is 0.818. The molecular weight excluding hydrogens is 232 g/mol. The maximum atomic E-state index is 3.74. The molecule has 0 aliphatic rings. The van der Waals surface area contributed by atoms with Crippen LogP contribution in [0.4, 0.5) is 0 Å². The maximum Gasteiger partial charge on any atom is 0.0186 e. The van der Waals surface area contributed by atoms with Gasteiger partial charge in [-0.25, -0.2) is 0 Å². The molecular formula is C14H18S2. The Kier molecular flexibility index (Phi) is 10.1. The molecule has 0 aliphatic carbocycles. The van der Waals surface area contributed by atoms with Gasteiger partial charge in [0.15, 0.2) is 0 Å². The molecule has 1 rings (SSSR count). The van der Waals surface area contributed by atoms with E-state index in [0.717, 1.165) is 4.91 Å². The van der Waals surface area contributed by atoms with E-state index in [-0.39, 0.29) is 0 Å². The lowest BCUT2D eigenvalue weighted by Gasteiger charge is -2.00. The zero-order chi connectivity index (χ0) is 12.2. The lowest BCUT2D eigenvalue weighted by Crippen LogP contribution is -1.67. The van der Waals surface area contributed by atoms with E-state index in [2.05, 4.69) is 25.3 Å². The highest BCUT2D eigenvalue weighted by atomic mass is 33.1. The minimum absolute atomic E-state index is 1.12. The zero-order valence-corrected chi connectivity index (χ0v) is 11.5. The highest BCUT2D eigenvalue weighted by Gasteiger charge is 1.95. The minimum atomic E-state index is 1.12. The van der Waals surface area contributed by atoms with Crippen molar-refractivity contribution < 1.29 is 0 Å². The molecule has 0 unspecified atom stereocenters. The van der Waals surface area contributed by atoms with Crippen molar-refractivity contribution in [2.45, 2.75) is 18.7 Å². The number of benzene rings is 1. The maximum absolute atomic E-state index is 3.74. The molecule has 0 spiro atoms. The third kappa shape index (κ3) is 6.59. The van der Waals surface area contributed by atoms with Crippen LogP contribution in [0.5, 0.6) is 0 Å². The molecule has 86 valence electrons. The van der Waals surface area contributed by atoms with Crippen molar-refractivity contribution in [2.75, 3.05) is 0 Å². The molecule has 0 bridgehead atoms. The molecule has 0 N–H and O–H groups in total. The predicted octanol–water partition coefficient (Wildman–Crippen LogP) is 5.71. The molecule has 0 saturated carbocycles. The molecule has 0 aliphatic heterocycles. The van der Waals surface area contributed by atoms with Crippen molar-refractivity contribution in [3.63, 3.8) is 0 Å². The summed E-state index contributed by atoms with van der Waals surface area (Å²) in [5, 5.41) is 0. The average Bonchev–Trinajstić information content (AvgIpc) is 2.38. The van der Waals surface area contributed by atoms with Crippen molar-refractivity contribution in [3.05, 3.63) is 66.6 Å². The highest BCUT2D eigenvalue weighted by Crippen LogP contribution is 2.36. The summed E-state index contributed by atoms with van der Waals surface area (Å²) in [6.07, 6.45) is 5.56. The van der Waals surface area contributed by atoms with Crippen LogP contribution < -0.4 is 0 Å². The van der Waals surface area contributed by atoms with Gasteiger partial charge in [-0.15, -0.1) is 0 Å². The van der Waals surface area contributed by atoms with Crippen LogP contribution in [-0.4, -0.2) is 0 Å². The van der Waals surface area contributed by atoms with Crippen LogP contribution in [0.15, 0.2) is 71.5 Å². The molecule has 16 heavy (non-hydrogen) atoms. The van der Waals surface area contributed by atoms with Crippen molar-refractivity contribution in [1.29, 1.82) is 0 Å². The van der Waals surface area contributed by atoms with Gasteiger partial charge < -0.3 is 0 Å². The van der Waals surface area contributed by atoms with Crippen molar-refractivity contribution in [2.24, 2.45) is 0 Å². The Morgan fingerprint density at radius 2 is 1.75 bits per heavy atom. The van der Waals surface area contributed by atoms with E-state index in [0.29, 0.717) is 0 Å². The molecule has 1 aromatic carbocycles. The Balaban J connectivity index is 0.00000106. The van der Waals surface area contributed by atoms with Gasteiger partial charge in [-0.1, -0.05) is 78.9 Å². The summed E-state index contributed by atoms with van der Waals surface area (Å²) < 4.78 is 0. The summed E-state index contributed by atoms with van der Waals surface area (Å²) in [6.45, 7) is 11.4. The fraction of sp³-hybridized carbons (Fsp3) is 0.143. The Hall–Kier alpha value is -0.860. The first-order valence-corrected chi connectivity index (χ1v) is 7.36. The molecule has 0 aromatic heterocycles. The van der Waals surface area contributed by atoms with Gasteiger partial charge in [0.05, 0.1) is 0 Å². The first-order valence-electron chi connectivity index (χ1n) is 5.21. The minimum Gasteiger partial charge on any atom is -0.0990 e. The van der Waals surface area contributed by atoms with Gasteiger partial charge in [0, 0.05) is 9.80 Å². The van der Waals surface area contributed by atoms with Gasteiger partial charge in [0.2, 0.25) is 0 Å². The molecule has 2 heteroatoms. The van der Waals surface area contributed by atoms with E-state index in [1.165, 1.54) is 4.90 Å². The lowest BCUT2D eigenvalue weighted by molar-refractivity contribution is 1.48. The van der Waals surface area contributed by atoms with E-state index < -0.39 is 0 Å². The molecule has 0 saturated heterocycles. The van der Waals surface area contributed by atoms with Crippen LogP contribution in [-0.2, 0) is 0 Å². The third-order valence-corrected chi connectivity index (χ3v) is 3.91. The van der Waals surface area contributed by atoms with E-state index in [9.17, 15) is 0 Å². The second-order valence-corrected chi connectivity index (χ2v) is 4.76. The monoisotopic (exact) mass is 250 g/mol. The van der Waals surface area contributed by atoms with Gasteiger partial charge >= 0.3 is 0 Å². The van der Waals surface area contributed by atoms with Gasteiger partial charge in [0.1, 0.15) is 0 Å². The van der Waals surface area contributed by atoms with E-state index in [4.69, 9.17) is 0 Å². The Morgan fingerprint density at radius 1 is 1.12 bits per heavy atom. The number of rotatable bonds is 5. The van der Waals surface area contributed by atoms with Crippen molar-refractivity contribution in [3.8, 4) is 0 Å². The predicted molar refractivity (Wildman–Crippen MR) is 79.7 cm³/mol. The summed E-state index contributed by atoms with van der Waals surface area (Å²) in [5.74, 6) is 0. The van der Waals surface area contributed by atoms with Crippen molar-refractivity contribution in [1.82, 2.24) is 0 Å². The summed E-state index contributed by atoms with van der Waals surface area (Å²) in [7, 11) is 3.41.